The van der Waals surface area contributed by atoms with E-state index in [2.05, 4.69) is 10.3 Å². The molecule has 126 valence electrons. The van der Waals surface area contributed by atoms with Crippen LogP contribution in [-0.2, 0) is 6.54 Å². The van der Waals surface area contributed by atoms with E-state index < -0.39 is 5.63 Å². The summed E-state index contributed by atoms with van der Waals surface area (Å²) in [4.78, 5) is 16.8. The van der Waals surface area contributed by atoms with Gasteiger partial charge in [0.25, 0.3) is 0 Å². The highest BCUT2D eigenvalue weighted by Crippen LogP contribution is 2.29. The maximum absolute atomic E-state index is 12.4. The number of aromatic nitrogens is 1. The summed E-state index contributed by atoms with van der Waals surface area (Å²) in [5, 5.41) is 6.48. The first-order valence-electron chi connectivity index (χ1n) is 7.57. The van der Waals surface area contributed by atoms with Gasteiger partial charge >= 0.3 is 5.63 Å². The zero-order chi connectivity index (χ0) is 17.2. The topological polar surface area (TPSA) is 77.5 Å². The summed E-state index contributed by atoms with van der Waals surface area (Å²) in [5.41, 5.74) is 0.985. The molecule has 0 amide bonds. The van der Waals surface area contributed by atoms with Gasteiger partial charge in [0.1, 0.15) is 5.76 Å². The van der Waals surface area contributed by atoms with Crippen LogP contribution in [0.4, 0.5) is 5.13 Å². The van der Waals surface area contributed by atoms with Crippen molar-refractivity contribution in [3.63, 3.8) is 0 Å². The van der Waals surface area contributed by atoms with Crippen LogP contribution in [0.5, 0.6) is 5.75 Å². The number of ether oxygens (including phenoxy) is 1. The molecule has 3 heterocycles. The van der Waals surface area contributed by atoms with Crippen molar-refractivity contribution in [3.8, 4) is 17.0 Å². The summed E-state index contributed by atoms with van der Waals surface area (Å²) in [7, 11) is 1.54. The molecule has 3 aromatic heterocycles. The number of anilines is 1. The molecule has 0 bridgehead atoms. The van der Waals surface area contributed by atoms with Gasteiger partial charge in [-0.25, -0.2) is 9.78 Å². The van der Waals surface area contributed by atoms with E-state index in [0.29, 0.717) is 34.3 Å². The Labute approximate surface area is 146 Å². The van der Waals surface area contributed by atoms with Gasteiger partial charge in [-0.3, -0.25) is 0 Å². The van der Waals surface area contributed by atoms with E-state index in [4.69, 9.17) is 13.6 Å². The Morgan fingerprint density at radius 2 is 2.20 bits per heavy atom. The van der Waals surface area contributed by atoms with Crippen molar-refractivity contribution < 1.29 is 13.6 Å². The number of hydrogen-bond acceptors (Lipinski definition) is 7. The van der Waals surface area contributed by atoms with Crippen LogP contribution in [0.3, 0.4) is 0 Å². The number of rotatable bonds is 5. The largest absolute Gasteiger partial charge is 0.493 e. The Balaban J connectivity index is 1.65. The number of fused-ring (bicyclic) bond motifs is 1. The van der Waals surface area contributed by atoms with Gasteiger partial charge in [0.05, 0.1) is 31.2 Å². The van der Waals surface area contributed by atoms with Crippen LogP contribution < -0.4 is 15.7 Å². The van der Waals surface area contributed by atoms with Crippen molar-refractivity contribution in [1.29, 1.82) is 0 Å². The number of thiazole rings is 1. The molecule has 1 aromatic carbocycles. The number of methoxy groups -OCH3 is 1. The molecule has 25 heavy (non-hydrogen) atoms. The van der Waals surface area contributed by atoms with Gasteiger partial charge in [-0.15, -0.1) is 11.3 Å². The van der Waals surface area contributed by atoms with Crippen LogP contribution in [0.15, 0.2) is 61.7 Å². The Morgan fingerprint density at radius 1 is 1.28 bits per heavy atom. The summed E-state index contributed by atoms with van der Waals surface area (Å²) >= 11 is 1.42. The van der Waals surface area contributed by atoms with E-state index in [1.54, 1.807) is 25.5 Å². The predicted octanol–water partition coefficient (Wildman–Crippen LogP) is 4.13. The minimum atomic E-state index is -0.445. The third kappa shape index (κ3) is 3.01. The van der Waals surface area contributed by atoms with E-state index in [1.807, 2.05) is 29.6 Å². The molecule has 0 spiro atoms. The smallest absolute Gasteiger partial charge is 0.345 e. The summed E-state index contributed by atoms with van der Waals surface area (Å²) < 4.78 is 16.0. The third-order valence-electron chi connectivity index (χ3n) is 3.72. The molecule has 4 aromatic rings. The lowest BCUT2D eigenvalue weighted by Gasteiger charge is -2.04. The Hall–Kier alpha value is -3.06. The first-order valence-corrected chi connectivity index (χ1v) is 8.45. The van der Waals surface area contributed by atoms with E-state index >= 15 is 0 Å². The Kier molecular flexibility index (Phi) is 3.99. The van der Waals surface area contributed by atoms with Crippen LogP contribution in [0.2, 0.25) is 0 Å². The summed E-state index contributed by atoms with van der Waals surface area (Å²) in [6, 6.07) is 11.0. The van der Waals surface area contributed by atoms with Gasteiger partial charge < -0.3 is 18.9 Å². The molecule has 0 aliphatic rings. The first-order chi connectivity index (χ1) is 12.2. The number of furan rings is 1. The lowest BCUT2D eigenvalue weighted by atomic mass is 10.1. The molecule has 0 aliphatic carbocycles. The van der Waals surface area contributed by atoms with Crippen molar-refractivity contribution in [2.75, 3.05) is 12.4 Å². The zero-order valence-electron chi connectivity index (χ0n) is 13.3. The highest BCUT2D eigenvalue weighted by atomic mass is 32.1. The molecular weight excluding hydrogens is 340 g/mol. The molecule has 0 fully saturated rings. The summed E-state index contributed by atoms with van der Waals surface area (Å²) in [6.45, 7) is 0.531. The fraction of sp³-hybridized carbons (Fsp3) is 0.111. The van der Waals surface area contributed by atoms with Crippen molar-refractivity contribution in [3.05, 3.63) is 64.2 Å². The monoisotopic (exact) mass is 354 g/mol. The van der Waals surface area contributed by atoms with Gasteiger partial charge in [0, 0.05) is 10.8 Å². The first kappa shape index (κ1) is 15.5. The standard InChI is InChI=1S/C18H14N2O4S/c1-22-15-6-2-4-11-8-13(17(21)24-16(11)15)14-10-25-18(20-14)19-9-12-5-3-7-23-12/h2-8,10H,9H2,1H3,(H,19,20). The third-order valence-corrected chi connectivity index (χ3v) is 4.52. The van der Waals surface area contributed by atoms with Crippen LogP contribution in [0, 0.1) is 0 Å². The SMILES string of the molecule is COc1cccc2cc(-c3csc(NCc4ccco4)n3)c(=O)oc12. The maximum Gasteiger partial charge on any atom is 0.345 e. The van der Waals surface area contributed by atoms with Gasteiger partial charge in [-0.05, 0) is 24.3 Å². The predicted molar refractivity (Wildman–Crippen MR) is 96.2 cm³/mol. The molecule has 0 saturated heterocycles. The average molecular weight is 354 g/mol. The van der Waals surface area contributed by atoms with E-state index in [1.165, 1.54) is 11.3 Å². The van der Waals surface area contributed by atoms with Gasteiger partial charge in [-0.1, -0.05) is 12.1 Å². The number of nitrogens with zero attached hydrogens (tertiary/aromatic N) is 1. The van der Waals surface area contributed by atoms with E-state index in [-0.39, 0.29) is 0 Å². The van der Waals surface area contributed by atoms with Crippen LogP contribution >= 0.6 is 11.3 Å². The fourth-order valence-corrected chi connectivity index (χ4v) is 3.22. The molecule has 1 N–H and O–H groups in total. The highest BCUT2D eigenvalue weighted by molar-refractivity contribution is 7.14. The number of nitrogens with one attached hydrogen (secondary N) is 1. The minimum absolute atomic E-state index is 0.419. The molecule has 0 saturated carbocycles. The van der Waals surface area contributed by atoms with Gasteiger partial charge in [-0.2, -0.15) is 0 Å². The number of para-hydroxylation sites is 1. The van der Waals surface area contributed by atoms with Crippen molar-refractivity contribution >= 4 is 27.4 Å². The van der Waals surface area contributed by atoms with E-state index in [9.17, 15) is 4.79 Å². The molecule has 0 aliphatic heterocycles. The second kappa shape index (κ2) is 6.45. The Morgan fingerprint density at radius 3 is 3.00 bits per heavy atom. The number of benzene rings is 1. The average Bonchev–Trinajstić information content (AvgIpc) is 3.30. The lowest BCUT2D eigenvalue weighted by Crippen LogP contribution is -2.04. The van der Waals surface area contributed by atoms with E-state index in [0.717, 1.165) is 11.1 Å². The quantitative estimate of drug-likeness (QED) is 0.543. The molecule has 6 nitrogen and oxygen atoms in total. The van der Waals surface area contributed by atoms with Crippen molar-refractivity contribution in [1.82, 2.24) is 4.98 Å². The molecular formula is C18H14N2O4S. The lowest BCUT2D eigenvalue weighted by molar-refractivity contribution is 0.407. The van der Waals surface area contributed by atoms with Crippen LogP contribution in [-0.4, -0.2) is 12.1 Å². The zero-order valence-corrected chi connectivity index (χ0v) is 14.1. The molecule has 4 rings (SSSR count). The number of hydrogen-bond donors (Lipinski definition) is 1. The van der Waals surface area contributed by atoms with Gasteiger partial charge in [0.2, 0.25) is 0 Å². The van der Waals surface area contributed by atoms with Crippen molar-refractivity contribution in [2.45, 2.75) is 6.54 Å². The fourth-order valence-electron chi connectivity index (χ4n) is 2.51. The molecule has 7 heteroatoms. The second-order valence-electron chi connectivity index (χ2n) is 5.30. The second-order valence-corrected chi connectivity index (χ2v) is 6.16. The van der Waals surface area contributed by atoms with Crippen molar-refractivity contribution in [2.24, 2.45) is 0 Å². The summed E-state index contributed by atoms with van der Waals surface area (Å²) in [5.74, 6) is 1.34. The highest BCUT2D eigenvalue weighted by Gasteiger charge is 2.13. The normalized spacial score (nSPS) is 10.9. The molecule has 0 unspecified atom stereocenters. The Bertz CT molecular complexity index is 1070. The summed E-state index contributed by atoms with van der Waals surface area (Å²) in [6.07, 6.45) is 1.62. The minimum Gasteiger partial charge on any atom is -0.493 e. The maximum atomic E-state index is 12.4. The van der Waals surface area contributed by atoms with Crippen LogP contribution in [0.1, 0.15) is 5.76 Å². The molecule has 0 radical (unpaired) electrons. The van der Waals surface area contributed by atoms with Crippen LogP contribution in [0.25, 0.3) is 22.2 Å². The molecule has 0 atom stereocenters. The van der Waals surface area contributed by atoms with Gasteiger partial charge in [0.15, 0.2) is 16.5 Å².